The van der Waals surface area contributed by atoms with Crippen molar-refractivity contribution in [2.45, 2.75) is 13.0 Å². The first-order valence-electron chi connectivity index (χ1n) is 5.27. The number of thioether (sulfide) groups is 1. The molecule has 0 aliphatic heterocycles. The van der Waals surface area contributed by atoms with Crippen LogP contribution in [-0.2, 0) is 0 Å². The van der Waals surface area contributed by atoms with Gasteiger partial charge in [0.2, 0.25) is 0 Å². The average molecular weight is 260 g/mol. The third-order valence-electron chi connectivity index (χ3n) is 2.43. The number of hydrogen-bond donors (Lipinski definition) is 1. The molecular formula is C12H18ClNOS. The lowest BCUT2D eigenvalue weighted by Crippen LogP contribution is -2.12. The molecule has 0 heterocycles. The molecule has 0 aromatic heterocycles. The molecular weight excluding hydrogens is 242 g/mol. The number of hydrogen-bond acceptors (Lipinski definition) is 3. The van der Waals surface area contributed by atoms with Crippen LogP contribution < -0.4 is 10.1 Å². The Labute approximate surface area is 107 Å². The summed E-state index contributed by atoms with van der Waals surface area (Å²) in [6.07, 6.45) is 2.06. The number of ether oxygens (including phenoxy) is 1. The highest BCUT2D eigenvalue weighted by Gasteiger charge is 2.07. The number of benzene rings is 1. The maximum atomic E-state index is 6.15. The molecule has 0 aliphatic carbocycles. The molecule has 1 aromatic rings. The van der Waals surface area contributed by atoms with Gasteiger partial charge in [0.1, 0.15) is 5.75 Å². The fourth-order valence-electron chi connectivity index (χ4n) is 1.31. The lowest BCUT2D eigenvalue weighted by molar-refractivity contribution is 0.344. The number of rotatable bonds is 6. The van der Waals surface area contributed by atoms with Gasteiger partial charge < -0.3 is 10.1 Å². The summed E-state index contributed by atoms with van der Waals surface area (Å²) in [7, 11) is 1.93. The monoisotopic (exact) mass is 259 g/mol. The molecule has 0 saturated carbocycles. The van der Waals surface area contributed by atoms with Crippen molar-refractivity contribution in [1.82, 2.24) is 5.32 Å². The lowest BCUT2D eigenvalue weighted by Gasteiger charge is -2.13. The Morgan fingerprint density at radius 2 is 2.25 bits per heavy atom. The van der Waals surface area contributed by atoms with Gasteiger partial charge >= 0.3 is 0 Å². The van der Waals surface area contributed by atoms with Crippen LogP contribution in [0.5, 0.6) is 5.75 Å². The van der Waals surface area contributed by atoms with Gasteiger partial charge in [-0.15, -0.1) is 0 Å². The van der Waals surface area contributed by atoms with E-state index in [4.69, 9.17) is 16.3 Å². The molecule has 1 aromatic carbocycles. The van der Waals surface area contributed by atoms with Crippen LogP contribution in [0.1, 0.15) is 18.5 Å². The summed E-state index contributed by atoms with van der Waals surface area (Å²) in [5.74, 6) is 1.74. The van der Waals surface area contributed by atoms with Gasteiger partial charge in [-0.05, 0) is 37.9 Å². The van der Waals surface area contributed by atoms with Crippen molar-refractivity contribution in [3.8, 4) is 5.75 Å². The van der Waals surface area contributed by atoms with Gasteiger partial charge in [0.15, 0.2) is 0 Å². The molecule has 0 saturated heterocycles. The van der Waals surface area contributed by atoms with Gasteiger partial charge in [-0.3, -0.25) is 0 Å². The Balaban J connectivity index is 2.67. The molecule has 1 rings (SSSR count). The predicted molar refractivity (Wildman–Crippen MR) is 72.8 cm³/mol. The van der Waals surface area contributed by atoms with E-state index in [1.807, 2.05) is 25.2 Å². The highest BCUT2D eigenvalue weighted by atomic mass is 35.5. The molecule has 0 amide bonds. The normalized spacial score (nSPS) is 12.5. The topological polar surface area (TPSA) is 21.3 Å². The zero-order chi connectivity index (χ0) is 12.0. The molecule has 1 atom stereocenters. The summed E-state index contributed by atoms with van der Waals surface area (Å²) in [5.41, 5.74) is 1.17. The highest BCUT2D eigenvalue weighted by Crippen LogP contribution is 2.27. The van der Waals surface area contributed by atoms with E-state index < -0.39 is 0 Å². The molecule has 0 bridgehead atoms. The molecule has 16 heavy (non-hydrogen) atoms. The zero-order valence-electron chi connectivity index (χ0n) is 9.92. The second-order valence-corrected chi connectivity index (χ2v) is 4.93. The van der Waals surface area contributed by atoms with E-state index in [1.165, 1.54) is 5.56 Å². The van der Waals surface area contributed by atoms with Crippen LogP contribution in [0.15, 0.2) is 18.2 Å². The Morgan fingerprint density at radius 3 is 2.81 bits per heavy atom. The summed E-state index contributed by atoms with van der Waals surface area (Å²) in [6, 6.07) is 6.24. The van der Waals surface area contributed by atoms with Crippen LogP contribution in [0.4, 0.5) is 0 Å². The van der Waals surface area contributed by atoms with Crippen molar-refractivity contribution in [2.24, 2.45) is 0 Å². The van der Waals surface area contributed by atoms with Gasteiger partial charge in [0, 0.05) is 11.8 Å². The van der Waals surface area contributed by atoms with E-state index in [-0.39, 0.29) is 0 Å². The second kappa shape index (κ2) is 7.05. The van der Waals surface area contributed by atoms with Crippen molar-refractivity contribution in [3.05, 3.63) is 28.8 Å². The fraction of sp³-hybridized carbons (Fsp3) is 0.500. The Kier molecular flexibility index (Phi) is 6.03. The lowest BCUT2D eigenvalue weighted by atomic mass is 10.1. The highest BCUT2D eigenvalue weighted by molar-refractivity contribution is 7.98. The van der Waals surface area contributed by atoms with Crippen molar-refractivity contribution in [1.29, 1.82) is 0 Å². The van der Waals surface area contributed by atoms with Gasteiger partial charge in [0.25, 0.3) is 0 Å². The summed E-state index contributed by atoms with van der Waals surface area (Å²) >= 11 is 7.91. The van der Waals surface area contributed by atoms with Crippen LogP contribution >= 0.6 is 23.4 Å². The minimum absolute atomic E-state index is 0.303. The molecule has 0 radical (unpaired) electrons. The molecule has 1 unspecified atom stereocenters. The quantitative estimate of drug-likeness (QED) is 0.792. The summed E-state index contributed by atoms with van der Waals surface area (Å²) in [6.45, 7) is 2.79. The second-order valence-electron chi connectivity index (χ2n) is 3.54. The van der Waals surface area contributed by atoms with E-state index in [0.717, 1.165) is 11.5 Å². The van der Waals surface area contributed by atoms with Crippen molar-refractivity contribution >= 4 is 23.4 Å². The van der Waals surface area contributed by atoms with Crippen LogP contribution in [0, 0.1) is 0 Å². The third kappa shape index (κ3) is 3.89. The number of halogens is 1. The van der Waals surface area contributed by atoms with E-state index in [2.05, 4.69) is 18.5 Å². The van der Waals surface area contributed by atoms with E-state index in [9.17, 15) is 0 Å². The van der Waals surface area contributed by atoms with Crippen molar-refractivity contribution in [3.63, 3.8) is 0 Å². The molecule has 4 heteroatoms. The average Bonchev–Trinajstić information content (AvgIpc) is 2.30. The molecule has 1 N–H and O–H groups in total. The van der Waals surface area contributed by atoms with Crippen LogP contribution in [-0.4, -0.2) is 25.7 Å². The Bertz CT molecular complexity index is 333. The van der Waals surface area contributed by atoms with E-state index in [1.54, 1.807) is 11.8 Å². The summed E-state index contributed by atoms with van der Waals surface area (Å²) in [5, 5.41) is 3.86. The van der Waals surface area contributed by atoms with Crippen LogP contribution in [0.25, 0.3) is 0 Å². The molecule has 0 fully saturated rings. The molecule has 2 nitrogen and oxygen atoms in total. The third-order valence-corrected chi connectivity index (χ3v) is 3.30. The van der Waals surface area contributed by atoms with Gasteiger partial charge in [-0.1, -0.05) is 17.7 Å². The van der Waals surface area contributed by atoms with Crippen LogP contribution in [0.3, 0.4) is 0 Å². The standard InChI is InChI=1S/C12H18ClNOS/c1-9(14-2)10-4-5-12(11(13)8-10)15-6-7-16-3/h4-5,8-9,14H,6-7H2,1-3H3. The smallest absolute Gasteiger partial charge is 0.137 e. The van der Waals surface area contributed by atoms with Crippen molar-refractivity contribution < 1.29 is 4.74 Å². The van der Waals surface area contributed by atoms with Gasteiger partial charge in [-0.2, -0.15) is 11.8 Å². The summed E-state index contributed by atoms with van der Waals surface area (Å²) in [4.78, 5) is 0. The minimum Gasteiger partial charge on any atom is -0.491 e. The predicted octanol–water partition coefficient (Wildman–Crippen LogP) is 3.36. The van der Waals surface area contributed by atoms with Crippen LogP contribution in [0.2, 0.25) is 5.02 Å². The van der Waals surface area contributed by atoms with Gasteiger partial charge in [-0.25, -0.2) is 0 Å². The first kappa shape index (κ1) is 13.7. The zero-order valence-corrected chi connectivity index (χ0v) is 11.5. The minimum atomic E-state index is 0.303. The molecule has 0 spiro atoms. The largest absolute Gasteiger partial charge is 0.491 e. The van der Waals surface area contributed by atoms with Gasteiger partial charge in [0.05, 0.1) is 11.6 Å². The number of nitrogens with one attached hydrogen (secondary N) is 1. The first-order chi connectivity index (χ1) is 7.69. The molecule has 90 valence electrons. The van der Waals surface area contributed by atoms with E-state index >= 15 is 0 Å². The SMILES string of the molecule is CNC(C)c1ccc(OCCSC)c(Cl)c1. The van der Waals surface area contributed by atoms with Crippen molar-refractivity contribution in [2.75, 3.05) is 25.7 Å². The first-order valence-corrected chi connectivity index (χ1v) is 7.04. The maximum absolute atomic E-state index is 6.15. The summed E-state index contributed by atoms with van der Waals surface area (Å²) < 4.78 is 5.57. The van der Waals surface area contributed by atoms with E-state index in [0.29, 0.717) is 17.7 Å². The maximum Gasteiger partial charge on any atom is 0.137 e. The Morgan fingerprint density at radius 1 is 1.50 bits per heavy atom. The fourth-order valence-corrected chi connectivity index (χ4v) is 1.80. The molecule has 0 aliphatic rings. The Hall–Kier alpha value is -0.380.